The number of rotatable bonds is 4. The van der Waals surface area contributed by atoms with E-state index in [1.165, 1.54) is 13.2 Å². The SMILES string of the molecule is CN=C(NCc1ccc(N(C)C)c(F)c1)N1CC(C)C(C(=O)OC)C1. The Morgan fingerprint density at radius 1 is 1.44 bits per heavy atom. The summed E-state index contributed by atoms with van der Waals surface area (Å²) in [5, 5.41) is 3.25. The van der Waals surface area contributed by atoms with Gasteiger partial charge in [-0.2, -0.15) is 0 Å². The summed E-state index contributed by atoms with van der Waals surface area (Å²) in [4.78, 5) is 19.9. The number of anilines is 1. The van der Waals surface area contributed by atoms with Crippen LogP contribution in [-0.4, -0.2) is 58.2 Å². The van der Waals surface area contributed by atoms with Crippen molar-refractivity contribution < 1.29 is 13.9 Å². The summed E-state index contributed by atoms with van der Waals surface area (Å²) in [6.07, 6.45) is 0. The Balaban J connectivity index is 2.00. The zero-order valence-electron chi connectivity index (χ0n) is 15.5. The van der Waals surface area contributed by atoms with Crippen molar-refractivity contribution in [3.8, 4) is 0 Å². The molecule has 6 nitrogen and oxygen atoms in total. The molecular formula is C18H27FN4O2. The van der Waals surface area contributed by atoms with E-state index in [-0.39, 0.29) is 23.6 Å². The third kappa shape index (κ3) is 4.41. The average Bonchev–Trinajstić information content (AvgIpc) is 2.96. The van der Waals surface area contributed by atoms with Gasteiger partial charge in [0.2, 0.25) is 0 Å². The highest BCUT2D eigenvalue weighted by Crippen LogP contribution is 2.24. The molecule has 1 saturated heterocycles. The smallest absolute Gasteiger partial charge is 0.310 e. The van der Waals surface area contributed by atoms with E-state index < -0.39 is 0 Å². The first-order chi connectivity index (χ1) is 11.9. The van der Waals surface area contributed by atoms with E-state index in [0.717, 1.165) is 12.1 Å². The van der Waals surface area contributed by atoms with Crippen molar-refractivity contribution in [2.75, 3.05) is 46.2 Å². The van der Waals surface area contributed by atoms with E-state index in [9.17, 15) is 9.18 Å². The van der Waals surface area contributed by atoms with E-state index in [1.54, 1.807) is 18.0 Å². The molecule has 1 aliphatic heterocycles. The highest BCUT2D eigenvalue weighted by atomic mass is 19.1. The molecule has 1 fully saturated rings. The molecule has 0 aliphatic carbocycles. The van der Waals surface area contributed by atoms with Crippen molar-refractivity contribution in [3.63, 3.8) is 0 Å². The summed E-state index contributed by atoms with van der Waals surface area (Å²) in [5.41, 5.74) is 1.39. The first-order valence-corrected chi connectivity index (χ1v) is 8.36. The summed E-state index contributed by atoms with van der Waals surface area (Å²) in [6.45, 7) is 3.80. The number of methoxy groups -OCH3 is 1. The van der Waals surface area contributed by atoms with Crippen molar-refractivity contribution in [1.29, 1.82) is 0 Å². The average molecular weight is 350 g/mol. The number of carbonyl (C=O) groups excluding carboxylic acids is 1. The molecule has 0 bridgehead atoms. The lowest BCUT2D eigenvalue weighted by Crippen LogP contribution is -2.40. The van der Waals surface area contributed by atoms with Crippen LogP contribution in [0, 0.1) is 17.7 Å². The first-order valence-electron chi connectivity index (χ1n) is 8.36. The maximum absolute atomic E-state index is 14.1. The van der Waals surface area contributed by atoms with Gasteiger partial charge in [-0.15, -0.1) is 0 Å². The van der Waals surface area contributed by atoms with Gasteiger partial charge in [0.1, 0.15) is 5.82 Å². The lowest BCUT2D eigenvalue weighted by Gasteiger charge is -2.22. The molecule has 2 unspecified atom stereocenters. The second-order valence-corrected chi connectivity index (χ2v) is 6.59. The molecule has 2 atom stereocenters. The molecule has 1 N–H and O–H groups in total. The molecule has 138 valence electrons. The zero-order valence-corrected chi connectivity index (χ0v) is 15.5. The number of carbonyl (C=O) groups is 1. The van der Waals surface area contributed by atoms with Crippen LogP contribution >= 0.6 is 0 Å². The summed E-state index contributed by atoms with van der Waals surface area (Å²) in [7, 11) is 6.74. The zero-order chi connectivity index (χ0) is 18.6. The quantitative estimate of drug-likeness (QED) is 0.509. The normalized spacial score (nSPS) is 20.6. The number of aliphatic imine (C=N–C) groups is 1. The molecule has 0 amide bonds. The van der Waals surface area contributed by atoms with Crippen LogP contribution in [0.25, 0.3) is 0 Å². The third-order valence-corrected chi connectivity index (χ3v) is 4.57. The number of hydrogen-bond acceptors (Lipinski definition) is 4. The first kappa shape index (κ1) is 19.0. The minimum atomic E-state index is -0.250. The number of ether oxygens (including phenoxy) is 1. The van der Waals surface area contributed by atoms with Crippen LogP contribution in [-0.2, 0) is 16.1 Å². The number of esters is 1. The van der Waals surface area contributed by atoms with Crippen LogP contribution in [0.3, 0.4) is 0 Å². The Morgan fingerprint density at radius 2 is 2.16 bits per heavy atom. The fourth-order valence-electron chi connectivity index (χ4n) is 3.13. The Kier molecular flexibility index (Phi) is 6.22. The monoisotopic (exact) mass is 350 g/mol. The summed E-state index contributed by atoms with van der Waals surface area (Å²) >= 11 is 0. The molecule has 2 rings (SSSR count). The van der Waals surface area contributed by atoms with Gasteiger partial charge in [-0.05, 0) is 23.6 Å². The third-order valence-electron chi connectivity index (χ3n) is 4.57. The number of benzene rings is 1. The Bertz CT molecular complexity index is 648. The van der Waals surface area contributed by atoms with Gasteiger partial charge in [0.25, 0.3) is 0 Å². The second kappa shape index (κ2) is 8.18. The second-order valence-electron chi connectivity index (χ2n) is 6.59. The van der Waals surface area contributed by atoms with Crippen molar-refractivity contribution >= 4 is 17.6 Å². The van der Waals surface area contributed by atoms with Gasteiger partial charge in [0, 0.05) is 40.8 Å². The summed E-state index contributed by atoms with van der Waals surface area (Å²) in [6, 6.07) is 5.18. The van der Waals surface area contributed by atoms with Crippen LogP contribution in [0.1, 0.15) is 12.5 Å². The molecular weight excluding hydrogens is 323 g/mol. The van der Waals surface area contributed by atoms with Crippen LogP contribution in [0.15, 0.2) is 23.2 Å². The van der Waals surface area contributed by atoms with Crippen molar-refractivity contribution in [2.24, 2.45) is 16.8 Å². The van der Waals surface area contributed by atoms with Crippen molar-refractivity contribution in [1.82, 2.24) is 10.2 Å². The summed E-state index contributed by atoms with van der Waals surface area (Å²) < 4.78 is 18.9. The van der Waals surface area contributed by atoms with E-state index in [4.69, 9.17) is 4.74 Å². The van der Waals surface area contributed by atoms with Gasteiger partial charge < -0.3 is 19.9 Å². The van der Waals surface area contributed by atoms with Crippen LogP contribution in [0.4, 0.5) is 10.1 Å². The standard InChI is InChI=1S/C18H27FN4O2/c1-12-10-23(11-14(12)17(24)25-5)18(20-2)21-9-13-6-7-16(22(3)4)15(19)8-13/h6-8,12,14H,9-11H2,1-5H3,(H,20,21). The fourth-order valence-corrected chi connectivity index (χ4v) is 3.13. The highest BCUT2D eigenvalue weighted by molar-refractivity contribution is 5.82. The van der Waals surface area contributed by atoms with E-state index in [0.29, 0.717) is 24.7 Å². The lowest BCUT2D eigenvalue weighted by atomic mass is 9.99. The Morgan fingerprint density at radius 3 is 2.72 bits per heavy atom. The molecule has 25 heavy (non-hydrogen) atoms. The summed E-state index contributed by atoms with van der Waals surface area (Å²) in [5.74, 6) is 0.310. The van der Waals surface area contributed by atoms with E-state index >= 15 is 0 Å². The van der Waals surface area contributed by atoms with E-state index in [2.05, 4.69) is 10.3 Å². The van der Waals surface area contributed by atoms with Gasteiger partial charge >= 0.3 is 5.97 Å². The molecule has 0 spiro atoms. The minimum Gasteiger partial charge on any atom is -0.469 e. The molecule has 7 heteroatoms. The maximum atomic E-state index is 14.1. The lowest BCUT2D eigenvalue weighted by molar-refractivity contribution is -0.145. The number of guanidine groups is 1. The highest BCUT2D eigenvalue weighted by Gasteiger charge is 2.36. The van der Waals surface area contributed by atoms with Crippen molar-refractivity contribution in [3.05, 3.63) is 29.6 Å². The molecule has 1 heterocycles. The number of halogens is 1. The molecule has 1 aromatic rings. The van der Waals surface area contributed by atoms with Crippen LogP contribution in [0.5, 0.6) is 0 Å². The fraction of sp³-hybridized carbons (Fsp3) is 0.556. The van der Waals surface area contributed by atoms with Gasteiger partial charge in [-0.25, -0.2) is 4.39 Å². The molecule has 0 aromatic heterocycles. The minimum absolute atomic E-state index is 0.152. The number of nitrogens with zero attached hydrogens (tertiary/aromatic N) is 3. The maximum Gasteiger partial charge on any atom is 0.310 e. The molecule has 1 aliphatic rings. The number of likely N-dealkylation sites (tertiary alicyclic amines) is 1. The Hall–Kier alpha value is -2.31. The van der Waals surface area contributed by atoms with Gasteiger partial charge in [0.05, 0.1) is 18.7 Å². The van der Waals surface area contributed by atoms with Crippen molar-refractivity contribution in [2.45, 2.75) is 13.5 Å². The number of hydrogen-bond donors (Lipinski definition) is 1. The van der Waals surface area contributed by atoms with E-state index in [1.807, 2.05) is 32.0 Å². The van der Waals surface area contributed by atoms with Gasteiger partial charge in [-0.3, -0.25) is 9.79 Å². The predicted octanol–water partition coefficient (Wildman–Crippen LogP) is 1.71. The predicted molar refractivity (Wildman–Crippen MR) is 97.2 cm³/mol. The topological polar surface area (TPSA) is 57.2 Å². The Labute approximate surface area is 148 Å². The van der Waals surface area contributed by atoms with Crippen LogP contribution in [0.2, 0.25) is 0 Å². The van der Waals surface area contributed by atoms with Gasteiger partial charge in [-0.1, -0.05) is 13.0 Å². The molecule has 0 saturated carbocycles. The van der Waals surface area contributed by atoms with Gasteiger partial charge in [0.15, 0.2) is 5.96 Å². The number of nitrogens with one attached hydrogen (secondary N) is 1. The largest absolute Gasteiger partial charge is 0.469 e. The molecule has 0 radical (unpaired) electrons. The van der Waals surface area contributed by atoms with Crippen LogP contribution < -0.4 is 10.2 Å². The molecule has 1 aromatic carbocycles.